The normalized spacial score (nSPS) is 18.1. The molecule has 0 unspecified atom stereocenters. The van der Waals surface area contributed by atoms with Gasteiger partial charge in [0, 0.05) is 0 Å². The van der Waals surface area contributed by atoms with Gasteiger partial charge in [0.05, 0.1) is 12.6 Å². The van der Waals surface area contributed by atoms with Crippen molar-refractivity contribution in [1.82, 2.24) is 4.90 Å². The number of furan rings is 1. The van der Waals surface area contributed by atoms with Gasteiger partial charge in [-0.3, -0.25) is 15.0 Å². The molecule has 1 aromatic heterocycles. The lowest BCUT2D eigenvalue weighted by Gasteiger charge is -2.31. The predicted octanol–water partition coefficient (Wildman–Crippen LogP) is 1.75. The standard InChI is InChI=1S/C12H19N3O3/c13-6-3-10-4-7-14(8-5-10)9-11-1-2-12(18-11)15(16)17/h1-2,10H,3-9,13H2. The summed E-state index contributed by atoms with van der Waals surface area (Å²) in [5, 5.41) is 10.5. The molecule has 2 N–H and O–H groups in total. The smallest absolute Gasteiger partial charge is 0.404 e. The second kappa shape index (κ2) is 5.97. The van der Waals surface area contributed by atoms with E-state index in [4.69, 9.17) is 10.2 Å². The summed E-state index contributed by atoms with van der Waals surface area (Å²) in [6.45, 7) is 3.44. The minimum Gasteiger partial charge on any atom is -0.404 e. The van der Waals surface area contributed by atoms with Crippen molar-refractivity contribution in [3.05, 3.63) is 28.0 Å². The van der Waals surface area contributed by atoms with Gasteiger partial charge in [-0.15, -0.1) is 0 Å². The lowest BCUT2D eigenvalue weighted by molar-refractivity contribution is -0.402. The summed E-state index contributed by atoms with van der Waals surface area (Å²) < 4.78 is 5.16. The summed E-state index contributed by atoms with van der Waals surface area (Å²) in [5.74, 6) is 1.22. The molecule has 0 spiro atoms. The Morgan fingerprint density at radius 3 is 2.72 bits per heavy atom. The van der Waals surface area contributed by atoms with E-state index in [1.54, 1.807) is 6.07 Å². The highest BCUT2D eigenvalue weighted by molar-refractivity contribution is 5.17. The van der Waals surface area contributed by atoms with Gasteiger partial charge in [-0.05, 0) is 50.9 Å². The third kappa shape index (κ3) is 3.30. The lowest BCUT2D eigenvalue weighted by atomic mass is 9.93. The average Bonchev–Trinajstić information content (AvgIpc) is 2.81. The number of nitro groups is 1. The van der Waals surface area contributed by atoms with Crippen LogP contribution in [0.15, 0.2) is 16.5 Å². The van der Waals surface area contributed by atoms with Crippen LogP contribution in [0.3, 0.4) is 0 Å². The molecule has 0 amide bonds. The molecule has 1 aliphatic rings. The number of nitrogens with zero attached hydrogens (tertiary/aromatic N) is 2. The van der Waals surface area contributed by atoms with Crippen LogP contribution >= 0.6 is 0 Å². The number of hydrogen-bond acceptors (Lipinski definition) is 5. The summed E-state index contributed by atoms with van der Waals surface area (Å²) in [7, 11) is 0. The quantitative estimate of drug-likeness (QED) is 0.638. The van der Waals surface area contributed by atoms with E-state index in [1.807, 2.05) is 0 Å². The minimum atomic E-state index is -0.503. The van der Waals surface area contributed by atoms with Crippen LogP contribution in [0.4, 0.5) is 5.88 Å². The summed E-state index contributed by atoms with van der Waals surface area (Å²) in [5.41, 5.74) is 5.56. The second-order valence-electron chi connectivity index (χ2n) is 4.79. The van der Waals surface area contributed by atoms with Gasteiger partial charge in [-0.2, -0.15) is 0 Å². The predicted molar refractivity (Wildman–Crippen MR) is 67.0 cm³/mol. The van der Waals surface area contributed by atoms with Crippen molar-refractivity contribution >= 4 is 5.88 Å². The van der Waals surface area contributed by atoms with Crippen LogP contribution in [0, 0.1) is 16.0 Å². The fourth-order valence-corrected chi connectivity index (χ4v) is 2.44. The molecule has 2 rings (SSSR count). The Bertz CT molecular complexity index is 397. The van der Waals surface area contributed by atoms with Crippen molar-refractivity contribution in [2.75, 3.05) is 19.6 Å². The van der Waals surface area contributed by atoms with Crippen LogP contribution in [-0.4, -0.2) is 29.5 Å². The summed E-state index contributed by atoms with van der Waals surface area (Å²) >= 11 is 0. The van der Waals surface area contributed by atoms with Gasteiger partial charge in [0.15, 0.2) is 0 Å². The van der Waals surface area contributed by atoms with E-state index in [0.29, 0.717) is 12.3 Å². The fourth-order valence-electron chi connectivity index (χ4n) is 2.44. The van der Waals surface area contributed by atoms with Gasteiger partial charge in [0.25, 0.3) is 0 Å². The highest BCUT2D eigenvalue weighted by Crippen LogP contribution is 2.23. The van der Waals surface area contributed by atoms with Crippen LogP contribution in [0.2, 0.25) is 0 Å². The van der Waals surface area contributed by atoms with Crippen LogP contribution in [0.5, 0.6) is 0 Å². The van der Waals surface area contributed by atoms with Crippen molar-refractivity contribution in [2.45, 2.75) is 25.8 Å². The molecular weight excluding hydrogens is 234 g/mol. The first-order valence-corrected chi connectivity index (χ1v) is 6.34. The van der Waals surface area contributed by atoms with Gasteiger partial charge in [0.2, 0.25) is 0 Å². The van der Waals surface area contributed by atoms with E-state index < -0.39 is 4.92 Å². The van der Waals surface area contributed by atoms with E-state index >= 15 is 0 Å². The Morgan fingerprint density at radius 2 is 2.17 bits per heavy atom. The summed E-state index contributed by atoms with van der Waals surface area (Å²) in [4.78, 5) is 12.3. The highest BCUT2D eigenvalue weighted by atomic mass is 16.6. The van der Waals surface area contributed by atoms with E-state index in [0.717, 1.165) is 44.8 Å². The zero-order chi connectivity index (χ0) is 13.0. The molecule has 0 bridgehead atoms. The third-order valence-electron chi connectivity index (χ3n) is 3.49. The van der Waals surface area contributed by atoms with Crippen molar-refractivity contribution < 1.29 is 9.34 Å². The molecule has 1 fully saturated rings. The van der Waals surface area contributed by atoms with Crippen molar-refractivity contribution in [1.29, 1.82) is 0 Å². The zero-order valence-electron chi connectivity index (χ0n) is 10.4. The first-order chi connectivity index (χ1) is 8.69. The van der Waals surface area contributed by atoms with Crippen LogP contribution in [-0.2, 0) is 6.54 Å². The van der Waals surface area contributed by atoms with E-state index in [9.17, 15) is 10.1 Å². The number of nitrogens with two attached hydrogens (primary N) is 1. The van der Waals surface area contributed by atoms with E-state index in [1.165, 1.54) is 6.07 Å². The second-order valence-corrected chi connectivity index (χ2v) is 4.79. The molecule has 6 heteroatoms. The monoisotopic (exact) mass is 253 g/mol. The Morgan fingerprint density at radius 1 is 1.44 bits per heavy atom. The van der Waals surface area contributed by atoms with Crippen LogP contribution in [0.25, 0.3) is 0 Å². The Balaban J connectivity index is 1.82. The van der Waals surface area contributed by atoms with Crippen molar-refractivity contribution in [2.24, 2.45) is 11.7 Å². The van der Waals surface area contributed by atoms with Crippen molar-refractivity contribution in [3.63, 3.8) is 0 Å². The van der Waals surface area contributed by atoms with Gasteiger partial charge in [-0.1, -0.05) is 0 Å². The van der Waals surface area contributed by atoms with E-state index in [2.05, 4.69) is 4.90 Å². The maximum Gasteiger partial charge on any atom is 0.433 e. The molecule has 6 nitrogen and oxygen atoms in total. The highest BCUT2D eigenvalue weighted by Gasteiger charge is 2.20. The minimum absolute atomic E-state index is 0.178. The Kier molecular flexibility index (Phi) is 4.33. The molecule has 0 aromatic carbocycles. The van der Waals surface area contributed by atoms with Gasteiger partial charge in [0.1, 0.15) is 10.7 Å². The fraction of sp³-hybridized carbons (Fsp3) is 0.667. The number of piperidine rings is 1. The third-order valence-corrected chi connectivity index (χ3v) is 3.49. The van der Waals surface area contributed by atoms with Gasteiger partial charge in [-0.25, -0.2) is 0 Å². The first kappa shape index (κ1) is 13.0. The Hall–Kier alpha value is -1.40. The van der Waals surface area contributed by atoms with E-state index in [-0.39, 0.29) is 5.88 Å². The molecule has 0 atom stereocenters. The maximum atomic E-state index is 10.5. The number of likely N-dealkylation sites (tertiary alicyclic amines) is 1. The molecule has 1 aliphatic heterocycles. The molecule has 100 valence electrons. The molecule has 0 radical (unpaired) electrons. The maximum absolute atomic E-state index is 10.5. The average molecular weight is 253 g/mol. The number of hydrogen-bond donors (Lipinski definition) is 1. The van der Waals surface area contributed by atoms with Crippen LogP contribution in [0.1, 0.15) is 25.0 Å². The SMILES string of the molecule is NCCC1CCN(Cc2ccc([N+](=O)[O-])o2)CC1. The molecule has 0 saturated carbocycles. The molecule has 1 aromatic rings. The van der Waals surface area contributed by atoms with Gasteiger partial charge < -0.3 is 10.2 Å². The molecular formula is C12H19N3O3. The zero-order valence-corrected chi connectivity index (χ0v) is 10.4. The topological polar surface area (TPSA) is 85.5 Å². The number of rotatable bonds is 5. The summed E-state index contributed by atoms with van der Waals surface area (Å²) in [6, 6.07) is 3.10. The lowest BCUT2D eigenvalue weighted by Crippen LogP contribution is -2.33. The molecule has 0 aliphatic carbocycles. The summed E-state index contributed by atoms with van der Waals surface area (Å²) in [6.07, 6.45) is 3.40. The Labute approximate surface area is 106 Å². The molecule has 18 heavy (non-hydrogen) atoms. The first-order valence-electron chi connectivity index (χ1n) is 6.34. The largest absolute Gasteiger partial charge is 0.433 e. The van der Waals surface area contributed by atoms with Crippen LogP contribution < -0.4 is 5.73 Å². The van der Waals surface area contributed by atoms with Crippen molar-refractivity contribution in [3.8, 4) is 0 Å². The van der Waals surface area contributed by atoms with Gasteiger partial charge >= 0.3 is 5.88 Å². The molecule has 2 heterocycles. The molecule has 1 saturated heterocycles.